The van der Waals surface area contributed by atoms with Gasteiger partial charge in [0, 0.05) is 32.2 Å². The number of rotatable bonds is 5. The molecule has 0 aliphatic heterocycles. The number of amides is 1. The van der Waals surface area contributed by atoms with Gasteiger partial charge in [-0.25, -0.2) is 4.68 Å². The van der Waals surface area contributed by atoms with Gasteiger partial charge in [-0.3, -0.25) is 4.79 Å². The van der Waals surface area contributed by atoms with E-state index in [1.54, 1.807) is 29.2 Å². The summed E-state index contributed by atoms with van der Waals surface area (Å²) in [6.07, 6.45) is 6.01. The minimum atomic E-state index is -0.695. The second-order valence-corrected chi connectivity index (χ2v) is 4.05. The van der Waals surface area contributed by atoms with Gasteiger partial charge >= 0.3 is 0 Å². The highest BCUT2D eigenvalue weighted by molar-refractivity contribution is 5.93. The van der Waals surface area contributed by atoms with E-state index in [4.69, 9.17) is 0 Å². The highest BCUT2D eigenvalue weighted by Crippen LogP contribution is 1.99. The van der Waals surface area contributed by atoms with Crippen LogP contribution in [0.15, 0.2) is 30.9 Å². The number of hydrogen-bond donors (Lipinski definition) is 2. The highest BCUT2D eigenvalue weighted by atomic mass is 16.3. The van der Waals surface area contributed by atoms with Crippen molar-refractivity contribution >= 4 is 5.91 Å². The summed E-state index contributed by atoms with van der Waals surface area (Å²) in [6, 6.07) is 1.72. The monoisotopic (exact) mass is 249 g/mol. The molecule has 0 aliphatic rings. The first kappa shape index (κ1) is 12.3. The van der Waals surface area contributed by atoms with Crippen LogP contribution in [0.2, 0.25) is 0 Å². The summed E-state index contributed by atoms with van der Waals surface area (Å²) in [5, 5.41) is 19.7. The number of nitrogens with zero attached hydrogens (tertiary/aromatic N) is 4. The first-order chi connectivity index (χ1) is 8.65. The van der Waals surface area contributed by atoms with Crippen molar-refractivity contribution in [2.45, 2.75) is 12.6 Å². The molecule has 0 bridgehead atoms. The fraction of sp³-hybridized carbons (Fsp3) is 0.364. The zero-order valence-electron chi connectivity index (χ0n) is 10.0. The van der Waals surface area contributed by atoms with Crippen LogP contribution in [0.25, 0.3) is 0 Å². The number of aromatic nitrogens is 4. The Labute approximate surface area is 104 Å². The lowest BCUT2D eigenvalue weighted by Gasteiger charge is -2.10. The van der Waals surface area contributed by atoms with Crippen molar-refractivity contribution in [1.82, 2.24) is 24.9 Å². The van der Waals surface area contributed by atoms with Gasteiger partial charge in [-0.15, -0.1) is 5.10 Å². The van der Waals surface area contributed by atoms with Gasteiger partial charge in [-0.05, 0) is 6.07 Å². The molecule has 1 atom stereocenters. The van der Waals surface area contributed by atoms with Crippen LogP contribution in [-0.4, -0.2) is 43.2 Å². The molecular formula is C11H15N5O2. The van der Waals surface area contributed by atoms with Crippen molar-refractivity contribution in [3.05, 3.63) is 36.4 Å². The third-order valence-electron chi connectivity index (χ3n) is 2.46. The molecule has 7 nitrogen and oxygen atoms in total. The van der Waals surface area contributed by atoms with Gasteiger partial charge in [-0.2, -0.15) is 0 Å². The van der Waals surface area contributed by atoms with E-state index in [1.807, 2.05) is 7.05 Å². The maximum Gasteiger partial charge on any atom is 0.252 e. The first-order valence-corrected chi connectivity index (χ1v) is 5.57. The maximum atomic E-state index is 11.7. The summed E-state index contributed by atoms with van der Waals surface area (Å²) < 4.78 is 3.31. The molecule has 0 aromatic carbocycles. The van der Waals surface area contributed by atoms with E-state index in [0.717, 1.165) is 0 Å². The molecule has 18 heavy (non-hydrogen) atoms. The third-order valence-corrected chi connectivity index (χ3v) is 2.46. The van der Waals surface area contributed by atoms with E-state index < -0.39 is 6.10 Å². The molecular weight excluding hydrogens is 234 g/mol. The number of carbonyl (C=O) groups excluding carboxylic acids is 1. The van der Waals surface area contributed by atoms with Crippen LogP contribution in [0, 0.1) is 0 Å². The third kappa shape index (κ3) is 3.17. The molecule has 96 valence electrons. The fourth-order valence-electron chi connectivity index (χ4n) is 1.56. The van der Waals surface area contributed by atoms with Crippen LogP contribution in [0.4, 0.5) is 0 Å². The number of aryl methyl sites for hydroxylation is 1. The van der Waals surface area contributed by atoms with Crippen LogP contribution >= 0.6 is 0 Å². The van der Waals surface area contributed by atoms with E-state index in [2.05, 4.69) is 15.6 Å². The van der Waals surface area contributed by atoms with Crippen molar-refractivity contribution in [3.63, 3.8) is 0 Å². The molecule has 0 fully saturated rings. The van der Waals surface area contributed by atoms with Gasteiger partial charge in [0.1, 0.15) is 0 Å². The predicted octanol–water partition coefficient (Wildman–Crippen LogP) is -0.593. The minimum Gasteiger partial charge on any atom is -0.389 e. The lowest BCUT2D eigenvalue weighted by molar-refractivity contribution is 0.0900. The Morgan fingerprint density at radius 2 is 2.39 bits per heavy atom. The number of carbonyl (C=O) groups is 1. The largest absolute Gasteiger partial charge is 0.389 e. The van der Waals surface area contributed by atoms with Crippen molar-refractivity contribution in [3.8, 4) is 0 Å². The summed E-state index contributed by atoms with van der Waals surface area (Å²) in [5.74, 6) is -0.201. The molecule has 1 unspecified atom stereocenters. The average Bonchev–Trinajstić information content (AvgIpc) is 2.97. The zero-order valence-corrected chi connectivity index (χ0v) is 10.0. The summed E-state index contributed by atoms with van der Waals surface area (Å²) >= 11 is 0. The minimum absolute atomic E-state index is 0.174. The van der Waals surface area contributed by atoms with Crippen LogP contribution < -0.4 is 5.32 Å². The Balaban J connectivity index is 1.79. The first-order valence-electron chi connectivity index (χ1n) is 5.57. The molecule has 2 aromatic heterocycles. The standard InChI is InChI=1S/C11H15N5O2/c1-15-4-2-9(7-15)11(18)12-6-10(17)8-16-5-3-13-14-16/h2-5,7,10,17H,6,8H2,1H3,(H,12,18). The second kappa shape index (κ2) is 5.46. The van der Waals surface area contributed by atoms with Crippen LogP contribution in [0.1, 0.15) is 10.4 Å². The van der Waals surface area contributed by atoms with Gasteiger partial charge in [0.25, 0.3) is 5.91 Å². The number of nitrogens with one attached hydrogen (secondary N) is 1. The molecule has 2 rings (SSSR count). The Morgan fingerprint density at radius 1 is 1.56 bits per heavy atom. The lowest BCUT2D eigenvalue weighted by Crippen LogP contribution is -2.34. The van der Waals surface area contributed by atoms with Crippen molar-refractivity contribution in [2.75, 3.05) is 6.54 Å². The van der Waals surface area contributed by atoms with Gasteiger partial charge in [0.2, 0.25) is 0 Å². The molecule has 0 spiro atoms. The smallest absolute Gasteiger partial charge is 0.252 e. The molecule has 1 amide bonds. The van der Waals surface area contributed by atoms with E-state index in [0.29, 0.717) is 12.1 Å². The Bertz CT molecular complexity index is 505. The fourth-order valence-corrected chi connectivity index (χ4v) is 1.56. The summed E-state index contributed by atoms with van der Waals surface area (Å²) in [7, 11) is 1.84. The van der Waals surface area contributed by atoms with Crippen molar-refractivity contribution in [2.24, 2.45) is 7.05 Å². The maximum absolute atomic E-state index is 11.7. The number of aliphatic hydroxyl groups excluding tert-OH is 1. The number of aliphatic hydroxyl groups is 1. The summed E-state index contributed by atoms with van der Waals surface area (Å²) in [5.41, 5.74) is 0.574. The van der Waals surface area contributed by atoms with Crippen LogP contribution in [0.3, 0.4) is 0 Å². The summed E-state index contributed by atoms with van der Waals surface area (Å²) in [6.45, 7) is 0.475. The van der Waals surface area contributed by atoms with Crippen molar-refractivity contribution < 1.29 is 9.90 Å². The number of hydrogen-bond acceptors (Lipinski definition) is 4. The summed E-state index contributed by atoms with van der Waals surface area (Å²) in [4.78, 5) is 11.7. The van der Waals surface area contributed by atoms with Gasteiger partial charge in [0.15, 0.2) is 0 Å². The normalized spacial score (nSPS) is 12.3. The zero-order chi connectivity index (χ0) is 13.0. The SMILES string of the molecule is Cn1ccc(C(=O)NCC(O)Cn2ccnn2)c1. The van der Waals surface area contributed by atoms with Crippen LogP contribution in [-0.2, 0) is 13.6 Å². The second-order valence-electron chi connectivity index (χ2n) is 4.05. The molecule has 0 saturated carbocycles. The Kier molecular flexibility index (Phi) is 3.73. The van der Waals surface area contributed by atoms with E-state index >= 15 is 0 Å². The quantitative estimate of drug-likeness (QED) is 0.741. The Morgan fingerprint density at radius 3 is 3.00 bits per heavy atom. The average molecular weight is 249 g/mol. The van der Waals surface area contributed by atoms with Gasteiger partial charge in [0.05, 0.1) is 24.4 Å². The van der Waals surface area contributed by atoms with E-state index in [-0.39, 0.29) is 12.5 Å². The predicted molar refractivity (Wildman–Crippen MR) is 63.8 cm³/mol. The topological polar surface area (TPSA) is 85.0 Å². The molecule has 0 aliphatic carbocycles. The highest BCUT2D eigenvalue weighted by Gasteiger charge is 2.10. The van der Waals surface area contributed by atoms with E-state index in [9.17, 15) is 9.90 Å². The molecule has 7 heteroatoms. The van der Waals surface area contributed by atoms with Gasteiger partial charge < -0.3 is 15.0 Å². The molecule has 0 radical (unpaired) electrons. The molecule has 2 aromatic rings. The molecule has 2 N–H and O–H groups in total. The van der Waals surface area contributed by atoms with Crippen LogP contribution in [0.5, 0.6) is 0 Å². The van der Waals surface area contributed by atoms with E-state index in [1.165, 1.54) is 10.9 Å². The lowest BCUT2D eigenvalue weighted by atomic mass is 10.3. The molecule has 2 heterocycles. The Hall–Kier alpha value is -2.15. The molecule has 0 saturated heterocycles. The van der Waals surface area contributed by atoms with Gasteiger partial charge in [-0.1, -0.05) is 5.21 Å². The van der Waals surface area contributed by atoms with Crippen molar-refractivity contribution in [1.29, 1.82) is 0 Å².